The molecule has 1 fully saturated rings. The normalized spacial score (nSPS) is 21.4. The standard InChI is InChI=1S/C19H32N2O7.C2H6.CH2O2/c1-6-9-11-20-19-18(27-15(5)23)17(26-14(4)22)13-16(28-19)10-12-21(24-7-2)25-8-3;1-2;2-1-3/h1,16-20H,7-13H2,2-5H3;1-2H3;1H,(H,2,3). The van der Waals surface area contributed by atoms with E-state index in [0.29, 0.717) is 45.6 Å². The van der Waals surface area contributed by atoms with Crippen LogP contribution in [-0.2, 0) is 38.3 Å². The lowest BCUT2D eigenvalue weighted by molar-refractivity contribution is -0.367. The number of nitrogens with one attached hydrogen (secondary N) is 1. The van der Waals surface area contributed by atoms with Gasteiger partial charge in [-0.1, -0.05) is 19.1 Å². The summed E-state index contributed by atoms with van der Waals surface area (Å²) in [5.41, 5.74) is 0. The summed E-state index contributed by atoms with van der Waals surface area (Å²) in [6.45, 7) is 12.0. The molecule has 0 radical (unpaired) electrons. The Bertz CT molecular complexity index is 563. The molecule has 0 aliphatic carbocycles. The zero-order chi connectivity index (χ0) is 25.6. The number of hydrogen-bond acceptors (Lipinski definition) is 10. The lowest BCUT2D eigenvalue weighted by atomic mass is 9.98. The molecule has 1 saturated heterocycles. The maximum Gasteiger partial charge on any atom is 0.303 e. The first-order valence-corrected chi connectivity index (χ1v) is 11.1. The molecule has 11 heteroatoms. The molecule has 0 bridgehead atoms. The fourth-order valence-corrected chi connectivity index (χ4v) is 2.93. The first kappa shape index (κ1) is 32.9. The Labute approximate surface area is 196 Å². The van der Waals surface area contributed by atoms with Crippen LogP contribution >= 0.6 is 0 Å². The van der Waals surface area contributed by atoms with Crippen molar-refractivity contribution in [3.8, 4) is 12.3 Å². The number of nitrogens with zero attached hydrogens (tertiary/aromatic N) is 1. The van der Waals surface area contributed by atoms with Gasteiger partial charge in [0.2, 0.25) is 0 Å². The van der Waals surface area contributed by atoms with Crippen molar-refractivity contribution in [1.29, 1.82) is 0 Å². The van der Waals surface area contributed by atoms with Crippen molar-refractivity contribution >= 4 is 18.4 Å². The van der Waals surface area contributed by atoms with Crippen LogP contribution in [0, 0.1) is 12.3 Å². The molecule has 2 N–H and O–H groups in total. The summed E-state index contributed by atoms with van der Waals surface area (Å²) < 4.78 is 16.9. The smallest absolute Gasteiger partial charge is 0.303 e. The quantitative estimate of drug-likeness (QED) is 0.141. The molecule has 0 saturated carbocycles. The number of carbonyl (C=O) groups excluding carboxylic acids is 2. The molecule has 0 aromatic heterocycles. The van der Waals surface area contributed by atoms with Crippen molar-refractivity contribution in [2.24, 2.45) is 0 Å². The van der Waals surface area contributed by atoms with Gasteiger partial charge in [-0.25, -0.2) is 0 Å². The minimum atomic E-state index is -0.759. The Morgan fingerprint density at radius 3 is 2.18 bits per heavy atom. The SMILES string of the molecule is C#CCCNC1OC(CCN(OCC)OCC)CC(OC(C)=O)C1OC(C)=O.CC.O=CO. The third-order valence-electron chi connectivity index (χ3n) is 3.91. The molecule has 0 amide bonds. The van der Waals surface area contributed by atoms with Gasteiger partial charge in [-0.3, -0.25) is 29.4 Å². The van der Waals surface area contributed by atoms with E-state index in [2.05, 4.69) is 11.2 Å². The number of hydrogen-bond donors (Lipinski definition) is 2. The van der Waals surface area contributed by atoms with Crippen LogP contribution in [0.3, 0.4) is 0 Å². The molecule has 33 heavy (non-hydrogen) atoms. The van der Waals surface area contributed by atoms with Gasteiger partial charge in [0.15, 0.2) is 6.10 Å². The molecule has 0 spiro atoms. The second-order valence-electron chi connectivity index (χ2n) is 6.33. The largest absolute Gasteiger partial charge is 0.483 e. The zero-order valence-electron chi connectivity index (χ0n) is 20.6. The van der Waals surface area contributed by atoms with Gasteiger partial charge in [-0.05, 0) is 20.3 Å². The van der Waals surface area contributed by atoms with E-state index >= 15 is 0 Å². The van der Waals surface area contributed by atoms with Crippen LogP contribution in [0.5, 0.6) is 0 Å². The number of rotatable bonds is 12. The molecule has 1 rings (SSSR count). The Balaban J connectivity index is 0. The van der Waals surface area contributed by atoms with Gasteiger partial charge in [-0.2, -0.15) is 0 Å². The monoisotopic (exact) mass is 476 g/mol. The first-order chi connectivity index (χ1) is 15.8. The van der Waals surface area contributed by atoms with Crippen molar-refractivity contribution < 1.29 is 43.4 Å². The van der Waals surface area contributed by atoms with Crippen LogP contribution in [0.25, 0.3) is 0 Å². The predicted octanol–water partition coefficient (Wildman–Crippen LogP) is 1.90. The fourth-order valence-electron chi connectivity index (χ4n) is 2.93. The third-order valence-corrected chi connectivity index (χ3v) is 3.91. The van der Waals surface area contributed by atoms with Crippen LogP contribution in [0.4, 0.5) is 0 Å². The van der Waals surface area contributed by atoms with E-state index in [0.717, 1.165) is 0 Å². The van der Waals surface area contributed by atoms with Crippen molar-refractivity contribution in [3.05, 3.63) is 0 Å². The summed E-state index contributed by atoms with van der Waals surface area (Å²) in [5, 5.41) is 11.4. The van der Waals surface area contributed by atoms with E-state index in [9.17, 15) is 9.59 Å². The average molecular weight is 477 g/mol. The highest BCUT2D eigenvalue weighted by molar-refractivity contribution is 5.67. The molecular weight excluding hydrogens is 436 g/mol. The Hall–Kier alpha value is -2.23. The average Bonchev–Trinajstić information content (AvgIpc) is 2.76. The van der Waals surface area contributed by atoms with E-state index in [4.69, 9.17) is 40.2 Å². The molecule has 1 heterocycles. The van der Waals surface area contributed by atoms with E-state index in [1.165, 1.54) is 19.1 Å². The van der Waals surface area contributed by atoms with E-state index in [1.807, 2.05) is 27.7 Å². The van der Waals surface area contributed by atoms with Gasteiger partial charge in [-0.15, -0.1) is 12.3 Å². The Morgan fingerprint density at radius 1 is 1.18 bits per heavy atom. The number of terminal acetylenes is 1. The first-order valence-electron chi connectivity index (χ1n) is 11.1. The Kier molecular flexibility index (Phi) is 21.6. The molecule has 192 valence electrons. The highest BCUT2D eigenvalue weighted by Gasteiger charge is 2.42. The second-order valence-corrected chi connectivity index (χ2v) is 6.33. The van der Waals surface area contributed by atoms with Gasteiger partial charge in [0.05, 0.1) is 25.9 Å². The summed E-state index contributed by atoms with van der Waals surface area (Å²) in [7, 11) is 0. The minimum absolute atomic E-state index is 0.250. The van der Waals surface area contributed by atoms with E-state index < -0.39 is 30.4 Å². The topological polar surface area (TPSA) is 133 Å². The van der Waals surface area contributed by atoms with E-state index in [-0.39, 0.29) is 12.6 Å². The summed E-state index contributed by atoms with van der Waals surface area (Å²) in [6.07, 6.45) is 4.44. The van der Waals surface area contributed by atoms with Gasteiger partial charge in [0.25, 0.3) is 6.47 Å². The lowest BCUT2D eigenvalue weighted by Gasteiger charge is -2.41. The molecule has 4 atom stereocenters. The summed E-state index contributed by atoms with van der Waals surface area (Å²) in [5.74, 6) is 1.61. The third kappa shape index (κ3) is 16.1. The van der Waals surface area contributed by atoms with Crippen LogP contribution < -0.4 is 5.32 Å². The lowest BCUT2D eigenvalue weighted by Crippen LogP contribution is -2.57. The highest BCUT2D eigenvalue weighted by Crippen LogP contribution is 2.26. The predicted molar refractivity (Wildman–Crippen MR) is 120 cm³/mol. The van der Waals surface area contributed by atoms with Crippen LogP contribution in [0.2, 0.25) is 0 Å². The molecule has 4 unspecified atom stereocenters. The molecule has 0 aromatic carbocycles. The van der Waals surface area contributed by atoms with Crippen LogP contribution in [0.15, 0.2) is 0 Å². The number of carbonyl (C=O) groups is 3. The van der Waals surface area contributed by atoms with Gasteiger partial charge in [0.1, 0.15) is 12.3 Å². The molecular formula is C22H40N2O9. The van der Waals surface area contributed by atoms with Crippen molar-refractivity contribution in [2.45, 2.75) is 85.3 Å². The van der Waals surface area contributed by atoms with Gasteiger partial charge in [0, 0.05) is 33.2 Å². The fraction of sp³-hybridized carbons (Fsp3) is 0.773. The van der Waals surface area contributed by atoms with Crippen molar-refractivity contribution in [1.82, 2.24) is 10.5 Å². The van der Waals surface area contributed by atoms with Crippen molar-refractivity contribution in [3.63, 3.8) is 0 Å². The van der Waals surface area contributed by atoms with E-state index in [1.54, 1.807) is 0 Å². The summed E-state index contributed by atoms with van der Waals surface area (Å²) >= 11 is 0. The van der Waals surface area contributed by atoms with Crippen LogP contribution in [-0.4, -0.2) is 79.6 Å². The zero-order valence-corrected chi connectivity index (χ0v) is 20.6. The highest BCUT2D eigenvalue weighted by atomic mass is 16.9. The second kappa shape index (κ2) is 21.6. The number of esters is 2. The maximum atomic E-state index is 11.6. The molecule has 1 aliphatic heterocycles. The summed E-state index contributed by atoms with van der Waals surface area (Å²) in [4.78, 5) is 42.3. The summed E-state index contributed by atoms with van der Waals surface area (Å²) in [6, 6.07) is 0. The number of hydroxylamine groups is 2. The van der Waals surface area contributed by atoms with Crippen LogP contribution in [0.1, 0.15) is 60.8 Å². The van der Waals surface area contributed by atoms with Gasteiger partial charge >= 0.3 is 11.9 Å². The molecule has 1 aliphatic rings. The maximum absolute atomic E-state index is 11.6. The molecule has 11 nitrogen and oxygen atoms in total. The minimum Gasteiger partial charge on any atom is -0.483 e. The number of carboxylic acid groups (broad SMARTS) is 1. The Morgan fingerprint density at radius 2 is 1.73 bits per heavy atom. The van der Waals surface area contributed by atoms with Gasteiger partial charge < -0.3 is 19.3 Å². The van der Waals surface area contributed by atoms with Crippen molar-refractivity contribution in [2.75, 3.05) is 26.3 Å². The molecule has 0 aromatic rings. The number of ether oxygens (including phenoxy) is 3.